The number of carbonyl (C=O) groups excluding carboxylic acids is 2. The monoisotopic (exact) mass is 359 g/mol. The Kier molecular flexibility index (Phi) is 4.56. The number of aliphatic hydroxyl groups excluding tert-OH is 1. The minimum atomic E-state index is -0.768. The van der Waals surface area contributed by atoms with Gasteiger partial charge in [0.05, 0.1) is 6.10 Å². The number of amides is 2. The van der Waals surface area contributed by atoms with Crippen molar-refractivity contribution < 1.29 is 24.2 Å². The zero-order chi connectivity index (χ0) is 19.1. The fraction of sp³-hybridized carbons (Fsp3) is 0.500. The number of benzene rings is 1. The van der Waals surface area contributed by atoms with Crippen molar-refractivity contribution in [2.75, 3.05) is 0 Å². The molecule has 2 aliphatic rings. The number of nitrogens with zero attached hydrogens (tertiary/aromatic N) is 1. The van der Waals surface area contributed by atoms with Crippen LogP contribution in [0.25, 0.3) is 0 Å². The lowest BCUT2D eigenvalue weighted by Crippen LogP contribution is -2.43. The highest BCUT2D eigenvalue weighted by Gasteiger charge is 2.52. The standard InChI is InChI=1S/C20H25NO5/c1-19(2,3)26-18(24)21-16-10-15(25-13-8-6-5-7-9-13)14(22)11-20(16,4)12-17(21)23/h5-10,14-15,22H,11-12H2,1-4H3/t14-,15+,20-/m0/s1. The predicted molar refractivity (Wildman–Crippen MR) is 95.4 cm³/mol. The van der Waals surface area contributed by atoms with E-state index < -0.39 is 29.3 Å². The van der Waals surface area contributed by atoms with E-state index in [2.05, 4.69) is 0 Å². The lowest BCUT2D eigenvalue weighted by atomic mass is 9.75. The van der Waals surface area contributed by atoms with Gasteiger partial charge in [-0.1, -0.05) is 25.1 Å². The first-order chi connectivity index (χ1) is 12.1. The van der Waals surface area contributed by atoms with E-state index in [4.69, 9.17) is 9.47 Å². The quantitative estimate of drug-likeness (QED) is 0.877. The van der Waals surface area contributed by atoms with Crippen molar-refractivity contribution in [1.29, 1.82) is 0 Å². The molecule has 0 unspecified atom stereocenters. The van der Waals surface area contributed by atoms with Crippen molar-refractivity contribution >= 4 is 12.0 Å². The molecule has 3 rings (SSSR count). The van der Waals surface area contributed by atoms with Gasteiger partial charge in [0, 0.05) is 17.5 Å². The average Bonchev–Trinajstić information content (AvgIpc) is 2.76. The number of aliphatic hydroxyl groups is 1. The number of allylic oxidation sites excluding steroid dienone is 1. The summed E-state index contributed by atoms with van der Waals surface area (Å²) in [5.41, 5.74) is -0.766. The molecule has 140 valence electrons. The van der Waals surface area contributed by atoms with Crippen LogP contribution in [0.1, 0.15) is 40.5 Å². The third-order valence-electron chi connectivity index (χ3n) is 4.60. The van der Waals surface area contributed by atoms with Crippen LogP contribution in [0, 0.1) is 5.41 Å². The molecule has 0 saturated carbocycles. The molecule has 0 aromatic heterocycles. The average molecular weight is 359 g/mol. The Labute approximate surface area is 153 Å². The van der Waals surface area contributed by atoms with Crippen molar-refractivity contribution in [2.45, 2.75) is 58.3 Å². The van der Waals surface area contributed by atoms with Gasteiger partial charge in [-0.25, -0.2) is 9.69 Å². The largest absolute Gasteiger partial charge is 0.484 e. The summed E-state index contributed by atoms with van der Waals surface area (Å²) in [5.74, 6) is 0.297. The summed E-state index contributed by atoms with van der Waals surface area (Å²) in [5, 5.41) is 10.5. The van der Waals surface area contributed by atoms with E-state index >= 15 is 0 Å². The van der Waals surface area contributed by atoms with Gasteiger partial charge in [0.15, 0.2) is 0 Å². The Balaban J connectivity index is 1.90. The van der Waals surface area contributed by atoms with Gasteiger partial charge in [-0.15, -0.1) is 0 Å². The minimum absolute atomic E-state index is 0.160. The first-order valence-electron chi connectivity index (χ1n) is 8.77. The van der Waals surface area contributed by atoms with E-state index in [1.54, 1.807) is 39.0 Å². The minimum Gasteiger partial charge on any atom is -0.484 e. The normalized spacial score (nSPS) is 28.4. The molecule has 0 radical (unpaired) electrons. The van der Waals surface area contributed by atoms with Gasteiger partial charge in [0.25, 0.3) is 0 Å². The summed E-state index contributed by atoms with van der Waals surface area (Å²) in [4.78, 5) is 26.2. The van der Waals surface area contributed by atoms with Crippen LogP contribution in [0.2, 0.25) is 0 Å². The first-order valence-corrected chi connectivity index (χ1v) is 8.77. The molecule has 0 spiro atoms. The van der Waals surface area contributed by atoms with Gasteiger partial charge in [-0.3, -0.25) is 4.79 Å². The highest BCUT2D eigenvalue weighted by atomic mass is 16.6. The van der Waals surface area contributed by atoms with Crippen LogP contribution in [0.15, 0.2) is 42.1 Å². The molecular weight excluding hydrogens is 334 g/mol. The van der Waals surface area contributed by atoms with Gasteiger partial charge >= 0.3 is 6.09 Å². The topological polar surface area (TPSA) is 76.1 Å². The van der Waals surface area contributed by atoms with Crippen molar-refractivity contribution in [3.05, 3.63) is 42.1 Å². The van der Waals surface area contributed by atoms with Gasteiger partial charge in [-0.2, -0.15) is 0 Å². The molecule has 1 fully saturated rings. The lowest BCUT2D eigenvalue weighted by Gasteiger charge is -2.37. The fourth-order valence-corrected chi connectivity index (χ4v) is 3.48. The predicted octanol–water partition coefficient (Wildman–Crippen LogP) is 3.26. The molecule has 1 saturated heterocycles. The van der Waals surface area contributed by atoms with Gasteiger partial charge in [0.2, 0.25) is 5.91 Å². The number of likely N-dealkylation sites (tertiary alicyclic amines) is 1. The van der Waals surface area contributed by atoms with Crippen LogP contribution < -0.4 is 4.74 Å². The molecule has 2 amide bonds. The maximum atomic E-state index is 12.6. The maximum absolute atomic E-state index is 12.6. The van der Waals surface area contributed by atoms with Crippen LogP contribution in [-0.2, 0) is 9.53 Å². The number of fused-ring (bicyclic) bond motifs is 1. The highest BCUT2D eigenvalue weighted by molar-refractivity contribution is 5.97. The Hall–Kier alpha value is -2.34. The van der Waals surface area contributed by atoms with Gasteiger partial charge < -0.3 is 14.6 Å². The summed E-state index contributed by atoms with van der Waals surface area (Å²) < 4.78 is 11.3. The third kappa shape index (κ3) is 3.60. The molecule has 1 heterocycles. The van der Waals surface area contributed by atoms with E-state index in [1.807, 2.05) is 25.1 Å². The smallest absolute Gasteiger partial charge is 0.421 e. The molecule has 6 heteroatoms. The summed E-state index contributed by atoms with van der Waals surface area (Å²) in [7, 11) is 0. The number of imide groups is 1. The van der Waals surface area contributed by atoms with Gasteiger partial charge in [0.1, 0.15) is 17.5 Å². The van der Waals surface area contributed by atoms with Crippen molar-refractivity contribution in [3.63, 3.8) is 0 Å². The van der Waals surface area contributed by atoms with Gasteiger partial charge in [-0.05, 0) is 45.4 Å². The molecule has 1 N–H and O–H groups in total. The Morgan fingerprint density at radius 1 is 1.27 bits per heavy atom. The van der Waals surface area contributed by atoms with E-state index in [0.717, 1.165) is 4.90 Å². The second kappa shape index (κ2) is 6.43. The zero-order valence-corrected chi connectivity index (χ0v) is 15.6. The van der Waals surface area contributed by atoms with Crippen molar-refractivity contribution in [3.8, 4) is 5.75 Å². The zero-order valence-electron chi connectivity index (χ0n) is 15.6. The molecule has 3 atom stereocenters. The van der Waals surface area contributed by atoms with Crippen LogP contribution in [0.4, 0.5) is 4.79 Å². The summed E-state index contributed by atoms with van der Waals surface area (Å²) in [6, 6.07) is 9.15. The summed E-state index contributed by atoms with van der Waals surface area (Å²) >= 11 is 0. The SMILES string of the molecule is CC(C)(C)OC(=O)N1C(=O)C[C@]2(C)C[C@H](O)[C@H](Oc3ccccc3)C=C12. The van der Waals surface area contributed by atoms with E-state index in [1.165, 1.54) is 0 Å². The fourth-order valence-electron chi connectivity index (χ4n) is 3.48. The molecule has 1 aromatic rings. The number of rotatable bonds is 2. The first kappa shape index (κ1) is 18.5. The molecule has 1 aliphatic heterocycles. The van der Waals surface area contributed by atoms with Crippen LogP contribution in [0.5, 0.6) is 5.75 Å². The van der Waals surface area contributed by atoms with Crippen molar-refractivity contribution in [2.24, 2.45) is 5.41 Å². The second-order valence-electron chi connectivity index (χ2n) is 8.17. The Morgan fingerprint density at radius 2 is 1.92 bits per heavy atom. The molecule has 6 nitrogen and oxygen atoms in total. The number of ether oxygens (including phenoxy) is 2. The summed E-state index contributed by atoms with van der Waals surface area (Å²) in [6.45, 7) is 7.14. The molecule has 1 aliphatic carbocycles. The highest BCUT2D eigenvalue weighted by Crippen LogP contribution is 2.48. The summed E-state index contributed by atoms with van der Waals surface area (Å²) in [6.07, 6.45) is 0.0730. The second-order valence-corrected chi connectivity index (χ2v) is 8.17. The van der Waals surface area contributed by atoms with E-state index in [9.17, 15) is 14.7 Å². The molecule has 1 aromatic carbocycles. The van der Waals surface area contributed by atoms with Crippen LogP contribution >= 0.6 is 0 Å². The number of carbonyl (C=O) groups is 2. The van der Waals surface area contributed by atoms with Crippen molar-refractivity contribution in [1.82, 2.24) is 4.90 Å². The van der Waals surface area contributed by atoms with E-state index in [-0.39, 0.29) is 12.3 Å². The Morgan fingerprint density at radius 3 is 2.54 bits per heavy atom. The van der Waals surface area contributed by atoms with Crippen LogP contribution in [0.3, 0.4) is 0 Å². The molecule has 0 bridgehead atoms. The number of hydrogen-bond donors (Lipinski definition) is 1. The van der Waals surface area contributed by atoms with E-state index in [0.29, 0.717) is 17.9 Å². The Bertz CT molecular complexity index is 736. The number of hydrogen-bond acceptors (Lipinski definition) is 5. The number of para-hydroxylation sites is 1. The molecular formula is C20H25NO5. The lowest BCUT2D eigenvalue weighted by molar-refractivity contribution is -0.126. The third-order valence-corrected chi connectivity index (χ3v) is 4.60. The maximum Gasteiger partial charge on any atom is 0.421 e. The molecule has 26 heavy (non-hydrogen) atoms. The van der Waals surface area contributed by atoms with Crippen LogP contribution in [-0.4, -0.2) is 39.8 Å².